The lowest BCUT2D eigenvalue weighted by Crippen LogP contribution is -2.31. The number of rotatable bonds is 6. The van der Waals surface area contributed by atoms with E-state index in [1.54, 1.807) is 19.1 Å². The number of carbonyl (C=O) groups is 1. The number of benzene rings is 2. The number of aryl methyl sites for hydroxylation is 1. The van der Waals surface area contributed by atoms with Crippen LogP contribution in [-0.4, -0.2) is 33.6 Å². The first-order chi connectivity index (χ1) is 12.8. The Morgan fingerprint density at radius 2 is 2.07 bits per heavy atom. The molecular weight excluding hydrogens is 371 g/mol. The maximum absolute atomic E-state index is 13.7. The molecule has 0 bridgehead atoms. The summed E-state index contributed by atoms with van der Waals surface area (Å²) in [5.41, 5.74) is 0.905. The lowest BCUT2D eigenvalue weighted by Gasteiger charge is -2.12. The molecule has 2 aromatic carbocycles. The minimum Gasteiger partial charge on any atom is -0.376 e. The summed E-state index contributed by atoms with van der Waals surface area (Å²) in [5.74, 6) is -0.909. The Hall–Kier alpha value is -2.45. The number of hydrogen-bond acceptors (Lipinski definition) is 4. The molecule has 0 radical (unpaired) electrons. The van der Waals surface area contributed by atoms with E-state index in [2.05, 4.69) is 10.0 Å². The van der Waals surface area contributed by atoms with Crippen molar-refractivity contribution in [1.29, 1.82) is 0 Å². The van der Waals surface area contributed by atoms with Crippen LogP contribution in [0.1, 0.15) is 28.8 Å². The summed E-state index contributed by atoms with van der Waals surface area (Å²) >= 11 is 0. The van der Waals surface area contributed by atoms with Crippen LogP contribution >= 0.6 is 0 Å². The fourth-order valence-corrected chi connectivity index (χ4v) is 3.85. The molecule has 144 valence electrons. The fourth-order valence-electron chi connectivity index (χ4n) is 2.79. The lowest BCUT2D eigenvalue weighted by molar-refractivity contribution is 0.0858. The highest BCUT2D eigenvalue weighted by molar-refractivity contribution is 7.92. The van der Waals surface area contributed by atoms with Gasteiger partial charge < -0.3 is 10.1 Å². The van der Waals surface area contributed by atoms with E-state index in [9.17, 15) is 17.6 Å². The summed E-state index contributed by atoms with van der Waals surface area (Å²) in [5, 5.41) is 2.79. The second kappa shape index (κ2) is 8.06. The zero-order valence-electron chi connectivity index (χ0n) is 14.9. The predicted octanol–water partition coefficient (Wildman–Crippen LogP) is 2.84. The van der Waals surface area contributed by atoms with E-state index < -0.39 is 15.8 Å². The Morgan fingerprint density at radius 3 is 2.78 bits per heavy atom. The number of hydrogen-bond donors (Lipinski definition) is 2. The molecule has 27 heavy (non-hydrogen) atoms. The predicted molar refractivity (Wildman–Crippen MR) is 99.7 cm³/mol. The van der Waals surface area contributed by atoms with Crippen molar-refractivity contribution < 1.29 is 22.3 Å². The third-order valence-electron chi connectivity index (χ3n) is 4.34. The maximum Gasteiger partial charge on any atom is 0.261 e. The molecule has 1 amide bonds. The highest BCUT2D eigenvalue weighted by Crippen LogP contribution is 2.19. The van der Waals surface area contributed by atoms with Crippen LogP contribution in [0.15, 0.2) is 47.4 Å². The quantitative estimate of drug-likeness (QED) is 0.792. The summed E-state index contributed by atoms with van der Waals surface area (Å²) in [6, 6.07) is 9.84. The van der Waals surface area contributed by atoms with E-state index in [1.807, 2.05) is 0 Å². The molecule has 2 aromatic rings. The van der Waals surface area contributed by atoms with Gasteiger partial charge in [-0.05, 0) is 55.7 Å². The van der Waals surface area contributed by atoms with Crippen molar-refractivity contribution in [1.82, 2.24) is 5.32 Å². The summed E-state index contributed by atoms with van der Waals surface area (Å²) in [4.78, 5) is 12.1. The van der Waals surface area contributed by atoms with E-state index in [4.69, 9.17) is 4.74 Å². The van der Waals surface area contributed by atoms with Gasteiger partial charge in [-0.1, -0.05) is 12.1 Å². The zero-order valence-corrected chi connectivity index (χ0v) is 15.7. The highest BCUT2D eigenvalue weighted by Gasteiger charge is 2.18. The monoisotopic (exact) mass is 392 g/mol. The molecule has 1 atom stereocenters. The van der Waals surface area contributed by atoms with Crippen LogP contribution in [0.3, 0.4) is 0 Å². The van der Waals surface area contributed by atoms with Crippen molar-refractivity contribution >= 4 is 21.6 Å². The van der Waals surface area contributed by atoms with Crippen LogP contribution in [0, 0.1) is 12.7 Å². The van der Waals surface area contributed by atoms with Crippen LogP contribution in [0.2, 0.25) is 0 Å². The largest absolute Gasteiger partial charge is 0.376 e. The summed E-state index contributed by atoms with van der Waals surface area (Å²) < 4.78 is 46.4. The van der Waals surface area contributed by atoms with Crippen molar-refractivity contribution in [3.05, 3.63) is 59.4 Å². The van der Waals surface area contributed by atoms with Crippen LogP contribution < -0.4 is 10.0 Å². The SMILES string of the molecule is Cc1ccc(S(=O)(=O)Nc2cccc(C(=O)NC[C@@H]3CCCO3)c2)cc1F. The van der Waals surface area contributed by atoms with Gasteiger partial charge in [0.25, 0.3) is 15.9 Å². The number of ether oxygens (including phenoxy) is 1. The molecule has 0 unspecified atom stereocenters. The van der Waals surface area contributed by atoms with Crippen molar-refractivity contribution in [2.24, 2.45) is 0 Å². The van der Waals surface area contributed by atoms with Gasteiger partial charge in [0.05, 0.1) is 11.0 Å². The van der Waals surface area contributed by atoms with E-state index in [0.717, 1.165) is 18.9 Å². The summed E-state index contributed by atoms with van der Waals surface area (Å²) in [7, 11) is -3.96. The first kappa shape index (κ1) is 19.3. The molecule has 0 spiro atoms. The van der Waals surface area contributed by atoms with E-state index in [1.165, 1.54) is 24.3 Å². The maximum atomic E-state index is 13.7. The minimum absolute atomic E-state index is 0.0204. The topological polar surface area (TPSA) is 84.5 Å². The van der Waals surface area contributed by atoms with Gasteiger partial charge in [0.15, 0.2) is 0 Å². The normalized spacial score (nSPS) is 16.9. The fraction of sp³-hybridized carbons (Fsp3) is 0.316. The molecule has 6 nitrogen and oxygen atoms in total. The Labute approximate surface area is 157 Å². The first-order valence-electron chi connectivity index (χ1n) is 8.64. The molecule has 1 heterocycles. The minimum atomic E-state index is -3.96. The number of halogens is 1. The average Bonchev–Trinajstić information content (AvgIpc) is 3.15. The van der Waals surface area contributed by atoms with Crippen LogP contribution in [0.4, 0.5) is 10.1 Å². The van der Waals surface area contributed by atoms with Crippen LogP contribution in [-0.2, 0) is 14.8 Å². The van der Waals surface area contributed by atoms with Gasteiger partial charge in [-0.3, -0.25) is 9.52 Å². The van der Waals surface area contributed by atoms with Crippen molar-refractivity contribution in [2.45, 2.75) is 30.8 Å². The van der Waals surface area contributed by atoms with Gasteiger partial charge in [0, 0.05) is 24.4 Å². The zero-order chi connectivity index (χ0) is 19.4. The first-order valence-corrected chi connectivity index (χ1v) is 10.1. The Balaban J connectivity index is 1.70. The van der Waals surface area contributed by atoms with Crippen LogP contribution in [0.5, 0.6) is 0 Å². The molecule has 1 aliphatic heterocycles. The molecule has 8 heteroatoms. The number of carbonyl (C=O) groups excluding carboxylic acids is 1. The van der Waals surface area contributed by atoms with Gasteiger partial charge in [0.2, 0.25) is 0 Å². The average molecular weight is 392 g/mol. The molecular formula is C19H21FN2O4S. The molecule has 1 fully saturated rings. The molecule has 0 aliphatic carbocycles. The molecule has 1 saturated heterocycles. The smallest absolute Gasteiger partial charge is 0.261 e. The Kier molecular flexibility index (Phi) is 5.76. The van der Waals surface area contributed by atoms with E-state index in [0.29, 0.717) is 24.3 Å². The summed E-state index contributed by atoms with van der Waals surface area (Å²) in [6.07, 6.45) is 1.91. The molecule has 0 saturated carbocycles. The number of anilines is 1. The van der Waals surface area contributed by atoms with Gasteiger partial charge in [0.1, 0.15) is 5.82 Å². The van der Waals surface area contributed by atoms with E-state index >= 15 is 0 Å². The standard InChI is InChI=1S/C19H21FN2O4S/c1-13-7-8-17(11-18(13)20)27(24,25)22-15-5-2-4-14(10-15)19(23)21-12-16-6-3-9-26-16/h2,4-5,7-8,10-11,16,22H,3,6,9,12H2,1H3,(H,21,23)/t16-/m0/s1. The van der Waals surface area contributed by atoms with Crippen molar-refractivity contribution in [3.8, 4) is 0 Å². The van der Waals surface area contributed by atoms with Crippen LogP contribution in [0.25, 0.3) is 0 Å². The summed E-state index contributed by atoms with van der Waals surface area (Å²) in [6.45, 7) is 2.67. The van der Waals surface area contributed by atoms with Crippen molar-refractivity contribution in [2.75, 3.05) is 17.9 Å². The molecule has 1 aliphatic rings. The van der Waals surface area contributed by atoms with Gasteiger partial charge in [-0.15, -0.1) is 0 Å². The molecule has 0 aromatic heterocycles. The van der Waals surface area contributed by atoms with Gasteiger partial charge in [-0.25, -0.2) is 12.8 Å². The second-order valence-corrected chi connectivity index (χ2v) is 8.12. The third-order valence-corrected chi connectivity index (χ3v) is 5.72. The highest BCUT2D eigenvalue weighted by atomic mass is 32.2. The number of sulfonamides is 1. The second-order valence-electron chi connectivity index (χ2n) is 6.44. The van der Waals surface area contributed by atoms with E-state index in [-0.39, 0.29) is 22.6 Å². The lowest BCUT2D eigenvalue weighted by atomic mass is 10.2. The Morgan fingerprint density at radius 1 is 1.26 bits per heavy atom. The Bertz CT molecular complexity index is 940. The number of amides is 1. The molecule has 3 rings (SSSR count). The third kappa shape index (κ3) is 4.84. The van der Waals surface area contributed by atoms with Crippen molar-refractivity contribution in [3.63, 3.8) is 0 Å². The molecule has 2 N–H and O–H groups in total. The number of nitrogens with one attached hydrogen (secondary N) is 2. The van der Waals surface area contributed by atoms with Gasteiger partial charge >= 0.3 is 0 Å². The van der Waals surface area contributed by atoms with Gasteiger partial charge in [-0.2, -0.15) is 0 Å².